The minimum absolute atomic E-state index is 0.845. The maximum Gasteiger partial charge on any atom is 0.119 e. The van der Waals surface area contributed by atoms with Gasteiger partial charge in [0, 0.05) is 0 Å². The van der Waals surface area contributed by atoms with Gasteiger partial charge in [-0.2, -0.15) is 0 Å². The lowest BCUT2D eigenvalue weighted by atomic mass is 10.2. The Labute approximate surface area is 85.4 Å². The molecule has 0 aliphatic heterocycles. The summed E-state index contributed by atoms with van der Waals surface area (Å²) in [5.41, 5.74) is 1.63. The number of allylic oxidation sites excluding steroid dienone is 2. The van der Waals surface area contributed by atoms with Gasteiger partial charge in [0.05, 0.1) is 6.61 Å². The van der Waals surface area contributed by atoms with Gasteiger partial charge in [0.15, 0.2) is 0 Å². The molecular weight excluding hydrogens is 172 g/mol. The molecule has 1 aromatic rings. The molecule has 14 heavy (non-hydrogen) atoms. The molecule has 1 aromatic carbocycles. The standard InChI is InChI=1S/C13H16O/c1-2-7-13(8-3-1)14-11-5-4-6-12-9-10-12/h1-3,7-9H,4-6,10-11H2. The number of hydrogen-bond acceptors (Lipinski definition) is 1. The second-order valence-electron chi connectivity index (χ2n) is 3.69. The van der Waals surface area contributed by atoms with Crippen LogP contribution in [0.3, 0.4) is 0 Å². The van der Waals surface area contributed by atoms with Crippen LogP contribution < -0.4 is 4.74 Å². The van der Waals surface area contributed by atoms with Gasteiger partial charge in [-0.05, 0) is 37.8 Å². The fourth-order valence-electron chi connectivity index (χ4n) is 1.44. The Morgan fingerprint density at radius 2 is 1.86 bits per heavy atom. The third-order valence-electron chi connectivity index (χ3n) is 2.40. The summed E-state index contributed by atoms with van der Waals surface area (Å²) < 4.78 is 5.59. The highest BCUT2D eigenvalue weighted by atomic mass is 16.5. The number of unbranched alkanes of at least 4 members (excludes halogenated alkanes) is 1. The van der Waals surface area contributed by atoms with Gasteiger partial charge in [0.1, 0.15) is 5.75 Å². The molecule has 1 heteroatoms. The topological polar surface area (TPSA) is 9.23 Å². The second kappa shape index (κ2) is 4.85. The fourth-order valence-corrected chi connectivity index (χ4v) is 1.44. The first-order valence-electron chi connectivity index (χ1n) is 5.31. The largest absolute Gasteiger partial charge is 0.494 e. The Hall–Kier alpha value is -1.24. The van der Waals surface area contributed by atoms with Crippen molar-refractivity contribution in [2.24, 2.45) is 0 Å². The van der Waals surface area contributed by atoms with E-state index in [1.165, 1.54) is 19.3 Å². The van der Waals surface area contributed by atoms with Crippen LogP contribution in [-0.2, 0) is 0 Å². The Bertz CT molecular complexity index is 300. The molecule has 1 aliphatic carbocycles. The SMILES string of the molecule is C1=C(CCCCOc2ccccc2)C1. The Morgan fingerprint density at radius 3 is 2.57 bits per heavy atom. The minimum atomic E-state index is 0.845. The van der Waals surface area contributed by atoms with E-state index < -0.39 is 0 Å². The monoisotopic (exact) mass is 188 g/mol. The van der Waals surface area contributed by atoms with Crippen molar-refractivity contribution in [2.75, 3.05) is 6.61 Å². The molecule has 2 rings (SSSR count). The van der Waals surface area contributed by atoms with Crippen molar-refractivity contribution in [3.63, 3.8) is 0 Å². The molecule has 0 atom stereocenters. The molecule has 0 bridgehead atoms. The second-order valence-corrected chi connectivity index (χ2v) is 3.69. The van der Waals surface area contributed by atoms with E-state index in [2.05, 4.69) is 6.08 Å². The summed E-state index contributed by atoms with van der Waals surface area (Å²) in [5.74, 6) is 0.984. The highest BCUT2D eigenvalue weighted by Crippen LogP contribution is 2.24. The van der Waals surface area contributed by atoms with Crippen molar-refractivity contribution in [3.8, 4) is 5.75 Å². The van der Waals surface area contributed by atoms with Gasteiger partial charge in [0.2, 0.25) is 0 Å². The molecule has 0 unspecified atom stereocenters. The predicted octanol–water partition coefficient (Wildman–Crippen LogP) is 3.57. The predicted molar refractivity (Wildman–Crippen MR) is 58.5 cm³/mol. The van der Waals surface area contributed by atoms with Gasteiger partial charge < -0.3 is 4.74 Å². The first-order valence-corrected chi connectivity index (χ1v) is 5.31. The zero-order chi connectivity index (χ0) is 9.64. The summed E-state index contributed by atoms with van der Waals surface area (Å²) in [7, 11) is 0. The van der Waals surface area contributed by atoms with Crippen LogP contribution in [0, 0.1) is 0 Å². The van der Waals surface area contributed by atoms with E-state index in [9.17, 15) is 0 Å². The van der Waals surface area contributed by atoms with Gasteiger partial charge in [-0.3, -0.25) is 0 Å². The molecule has 0 heterocycles. The van der Waals surface area contributed by atoms with Gasteiger partial charge in [0.25, 0.3) is 0 Å². The van der Waals surface area contributed by atoms with Gasteiger partial charge in [-0.1, -0.05) is 29.8 Å². The lowest BCUT2D eigenvalue weighted by Crippen LogP contribution is -1.96. The van der Waals surface area contributed by atoms with Crippen molar-refractivity contribution in [2.45, 2.75) is 25.7 Å². The van der Waals surface area contributed by atoms with Gasteiger partial charge >= 0.3 is 0 Å². The van der Waals surface area contributed by atoms with Crippen molar-refractivity contribution in [1.82, 2.24) is 0 Å². The van der Waals surface area contributed by atoms with Crippen molar-refractivity contribution in [3.05, 3.63) is 42.0 Å². The van der Waals surface area contributed by atoms with E-state index in [0.29, 0.717) is 0 Å². The van der Waals surface area contributed by atoms with Crippen LogP contribution >= 0.6 is 0 Å². The third kappa shape index (κ3) is 3.25. The van der Waals surface area contributed by atoms with Crippen LogP contribution in [0.5, 0.6) is 5.75 Å². The maximum absolute atomic E-state index is 5.59. The molecule has 1 aliphatic rings. The summed E-state index contributed by atoms with van der Waals surface area (Å²) in [6, 6.07) is 10.0. The van der Waals surface area contributed by atoms with E-state index in [0.717, 1.165) is 18.8 Å². The molecule has 0 saturated carbocycles. The van der Waals surface area contributed by atoms with E-state index >= 15 is 0 Å². The van der Waals surface area contributed by atoms with Crippen LogP contribution in [0.1, 0.15) is 25.7 Å². The molecule has 1 nitrogen and oxygen atoms in total. The Morgan fingerprint density at radius 1 is 1.07 bits per heavy atom. The lowest BCUT2D eigenvalue weighted by Gasteiger charge is -2.04. The van der Waals surface area contributed by atoms with E-state index in [1.54, 1.807) is 5.57 Å². The zero-order valence-electron chi connectivity index (χ0n) is 8.41. The number of benzene rings is 1. The Balaban J connectivity index is 1.56. The molecule has 0 fully saturated rings. The van der Waals surface area contributed by atoms with Crippen molar-refractivity contribution < 1.29 is 4.74 Å². The molecule has 0 aromatic heterocycles. The lowest BCUT2D eigenvalue weighted by molar-refractivity contribution is 0.307. The van der Waals surface area contributed by atoms with Crippen LogP contribution in [-0.4, -0.2) is 6.61 Å². The average molecular weight is 188 g/mol. The minimum Gasteiger partial charge on any atom is -0.494 e. The molecular formula is C13H16O. The van der Waals surface area contributed by atoms with Crippen LogP contribution in [0.15, 0.2) is 42.0 Å². The molecule has 74 valence electrons. The normalized spacial score (nSPS) is 13.6. The quantitative estimate of drug-likeness (QED) is 0.490. The number of rotatable bonds is 6. The number of ether oxygens (including phenoxy) is 1. The smallest absolute Gasteiger partial charge is 0.119 e. The molecule has 0 spiro atoms. The molecule has 0 N–H and O–H groups in total. The molecule has 0 radical (unpaired) electrons. The summed E-state index contributed by atoms with van der Waals surface area (Å²) in [4.78, 5) is 0. The summed E-state index contributed by atoms with van der Waals surface area (Å²) >= 11 is 0. The zero-order valence-corrected chi connectivity index (χ0v) is 8.41. The van der Waals surface area contributed by atoms with Crippen molar-refractivity contribution >= 4 is 0 Å². The Kier molecular flexibility index (Phi) is 3.23. The first kappa shape index (κ1) is 9.32. The fraction of sp³-hybridized carbons (Fsp3) is 0.385. The van der Waals surface area contributed by atoms with Crippen molar-refractivity contribution in [1.29, 1.82) is 0 Å². The van der Waals surface area contributed by atoms with Gasteiger partial charge in [-0.15, -0.1) is 0 Å². The highest BCUT2D eigenvalue weighted by Gasteiger charge is 2.05. The highest BCUT2D eigenvalue weighted by molar-refractivity contribution is 5.21. The molecule has 0 saturated heterocycles. The summed E-state index contributed by atoms with van der Waals surface area (Å²) in [5, 5.41) is 0. The maximum atomic E-state index is 5.59. The summed E-state index contributed by atoms with van der Waals surface area (Å²) in [6.07, 6.45) is 7.26. The van der Waals surface area contributed by atoms with Gasteiger partial charge in [-0.25, -0.2) is 0 Å². The van der Waals surface area contributed by atoms with Crippen LogP contribution in [0.2, 0.25) is 0 Å². The van der Waals surface area contributed by atoms with E-state index in [4.69, 9.17) is 4.74 Å². The van der Waals surface area contributed by atoms with E-state index in [1.807, 2.05) is 30.3 Å². The average Bonchev–Trinajstić information content (AvgIpc) is 3.03. The van der Waals surface area contributed by atoms with E-state index in [-0.39, 0.29) is 0 Å². The third-order valence-corrected chi connectivity index (χ3v) is 2.40. The van der Waals surface area contributed by atoms with Crippen LogP contribution in [0.4, 0.5) is 0 Å². The van der Waals surface area contributed by atoms with Crippen LogP contribution in [0.25, 0.3) is 0 Å². The summed E-state index contributed by atoms with van der Waals surface area (Å²) in [6.45, 7) is 0.845. The molecule has 0 amide bonds. The number of hydrogen-bond donors (Lipinski definition) is 0. The first-order chi connectivity index (χ1) is 6.95. The number of para-hydroxylation sites is 1.